The van der Waals surface area contributed by atoms with Crippen molar-refractivity contribution in [1.82, 2.24) is 9.97 Å². The molecule has 1 aromatic heterocycles. The highest BCUT2D eigenvalue weighted by Crippen LogP contribution is 2.25. The van der Waals surface area contributed by atoms with Gasteiger partial charge in [-0.25, -0.2) is 14.4 Å². The van der Waals surface area contributed by atoms with Gasteiger partial charge in [-0.15, -0.1) is 0 Å². The maximum absolute atomic E-state index is 12.9. The quantitative estimate of drug-likeness (QED) is 0.555. The first-order chi connectivity index (χ1) is 13.1. The van der Waals surface area contributed by atoms with Crippen LogP contribution in [0.1, 0.15) is 15.9 Å². The SMILES string of the molecule is CNc1c(Cl)ncnc1NCc1ccc(C(=O)Nc2ccc(F)cc2)cc1. The first kappa shape index (κ1) is 18.6. The molecule has 0 fully saturated rings. The summed E-state index contributed by atoms with van der Waals surface area (Å²) in [6.45, 7) is 0.502. The van der Waals surface area contributed by atoms with E-state index in [1.165, 1.54) is 30.6 Å². The van der Waals surface area contributed by atoms with Crippen LogP contribution >= 0.6 is 11.6 Å². The molecule has 0 aliphatic carbocycles. The van der Waals surface area contributed by atoms with Gasteiger partial charge in [0.05, 0.1) is 0 Å². The molecule has 0 aliphatic heterocycles. The maximum atomic E-state index is 12.9. The molecule has 3 N–H and O–H groups in total. The molecule has 0 atom stereocenters. The van der Waals surface area contributed by atoms with Crippen LogP contribution in [-0.2, 0) is 6.54 Å². The molecule has 0 radical (unpaired) electrons. The fourth-order valence-corrected chi connectivity index (χ4v) is 2.64. The van der Waals surface area contributed by atoms with Gasteiger partial charge in [0.25, 0.3) is 5.91 Å². The Hall–Kier alpha value is -3.19. The number of amides is 1. The standard InChI is InChI=1S/C19H17ClFN5O/c1-22-16-17(20)24-11-25-18(16)23-10-12-2-4-13(5-3-12)19(27)26-15-8-6-14(21)7-9-15/h2-9,11,22H,10H2,1H3,(H,26,27)(H,23,24,25). The number of carbonyl (C=O) groups is 1. The smallest absolute Gasteiger partial charge is 0.255 e. The lowest BCUT2D eigenvalue weighted by Crippen LogP contribution is -2.12. The van der Waals surface area contributed by atoms with Crippen LogP contribution in [0.25, 0.3) is 0 Å². The number of anilines is 3. The maximum Gasteiger partial charge on any atom is 0.255 e. The second-order valence-electron chi connectivity index (χ2n) is 5.65. The Kier molecular flexibility index (Phi) is 5.83. The van der Waals surface area contributed by atoms with Gasteiger partial charge in [-0.2, -0.15) is 0 Å². The van der Waals surface area contributed by atoms with Gasteiger partial charge in [0.15, 0.2) is 11.0 Å². The average molecular weight is 386 g/mol. The second kappa shape index (κ2) is 8.46. The zero-order valence-corrected chi connectivity index (χ0v) is 15.2. The lowest BCUT2D eigenvalue weighted by molar-refractivity contribution is 0.102. The van der Waals surface area contributed by atoms with Gasteiger partial charge in [-0.3, -0.25) is 4.79 Å². The molecular weight excluding hydrogens is 369 g/mol. The predicted molar refractivity (Wildman–Crippen MR) is 105 cm³/mol. The molecule has 0 unspecified atom stereocenters. The minimum atomic E-state index is -0.351. The van der Waals surface area contributed by atoms with Gasteiger partial charge >= 0.3 is 0 Å². The van der Waals surface area contributed by atoms with Crippen molar-refractivity contribution < 1.29 is 9.18 Å². The van der Waals surface area contributed by atoms with Crippen LogP contribution < -0.4 is 16.0 Å². The number of benzene rings is 2. The predicted octanol–water partition coefficient (Wildman–Crippen LogP) is 4.18. The van der Waals surface area contributed by atoms with Crippen molar-refractivity contribution in [2.45, 2.75) is 6.54 Å². The number of carbonyl (C=O) groups excluding carboxylic acids is 1. The molecule has 1 amide bonds. The molecule has 1 heterocycles. The Morgan fingerprint density at radius 2 is 1.78 bits per heavy atom. The number of halogens is 2. The third kappa shape index (κ3) is 4.71. The molecule has 8 heteroatoms. The van der Waals surface area contributed by atoms with E-state index in [0.717, 1.165) is 5.56 Å². The number of hydrogen-bond donors (Lipinski definition) is 3. The highest BCUT2D eigenvalue weighted by Gasteiger charge is 2.09. The summed E-state index contributed by atoms with van der Waals surface area (Å²) in [6.07, 6.45) is 1.38. The Balaban J connectivity index is 1.62. The molecule has 0 bridgehead atoms. The summed E-state index contributed by atoms with van der Waals surface area (Å²) in [6, 6.07) is 12.7. The Bertz CT molecular complexity index is 932. The van der Waals surface area contributed by atoms with Crippen molar-refractivity contribution in [3.8, 4) is 0 Å². The van der Waals surface area contributed by atoms with Crippen LogP contribution in [0.4, 0.5) is 21.6 Å². The van der Waals surface area contributed by atoms with Crippen LogP contribution in [0.3, 0.4) is 0 Å². The number of nitrogens with one attached hydrogen (secondary N) is 3. The average Bonchev–Trinajstić information content (AvgIpc) is 2.68. The van der Waals surface area contributed by atoms with E-state index >= 15 is 0 Å². The molecule has 6 nitrogen and oxygen atoms in total. The van der Waals surface area contributed by atoms with Crippen LogP contribution in [-0.4, -0.2) is 22.9 Å². The van der Waals surface area contributed by atoms with Crippen LogP contribution in [0, 0.1) is 5.82 Å². The van der Waals surface area contributed by atoms with E-state index in [4.69, 9.17) is 11.6 Å². The highest BCUT2D eigenvalue weighted by molar-refractivity contribution is 6.32. The first-order valence-electron chi connectivity index (χ1n) is 8.15. The van der Waals surface area contributed by atoms with E-state index in [1.807, 2.05) is 12.1 Å². The third-order valence-electron chi connectivity index (χ3n) is 3.83. The van der Waals surface area contributed by atoms with Crippen molar-refractivity contribution in [2.24, 2.45) is 0 Å². The third-order valence-corrected chi connectivity index (χ3v) is 4.12. The molecule has 2 aromatic carbocycles. The van der Waals surface area contributed by atoms with Crippen molar-refractivity contribution in [1.29, 1.82) is 0 Å². The van der Waals surface area contributed by atoms with E-state index < -0.39 is 0 Å². The van der Waals surface area contributed by atoms with Gasteiger partial charge in [0, 0.05) is 24.8 Å². The van der Waals surface area contributed by atoms with Gasteiger partial charge in [0.2, 0.25) is 0 Å². The summed E-state index contributed by atoms with van der Waals surface area (Å²) in [5.74, 6) is -0.0203. The Labute approximate surface area is 160 Å². The highest BCUT2D eigenvalue weighted by atomic mass is 35.5. The fourth-order valence-electron chi connectivity index (χ4n) is 2.42. The molecule has 0 aliphatic rings. The van der Waals surface area contributed by atoms with E-state index in [1.54, 1.807) is 19.2 Å². The van der Waals surface area contributed by atoms with Crippen molar-refractivity contribution in [3.63, 3.8) is 0 Å². The minimum Gasteiger partial charge on any atom is -0.383 e. The molecule has 27 heavy (non-hydrogen) atoms. The number of hydrogen-bond acceptors (Lipinski definition) is 5. The van der Waals surface area contributed by atoms with E-state index in [0.29, 0.717) is 34.5 Å². The second-order valence-corrected chi connectivity index (χ2v) is 6.01. The largest absolute Gasteiger partial charge is 0.383 e. The summed E-state index contributed by atoms with van der Waals surface area (Å²) < 4.78 is 12.9. The van der Waals surface area contributed by atoms with Gasteiger partial charge in [0.1, 0.15) is 17.8 Å². The summed E-state index contributed by atoms with van der Waals surface area (Å²) in [4.78, 5) is 20.3. The van der Waals surface area contributed by atoms with Crippen molar-refractivity contribution in [3.05, 3.63) is 77.0 Å². The Morgan fingerprint density at radius 1 is 1.07 bits per heavy atom. The Morgan fingerprint density at radius 3 is 2.44 bits per heavy atom. The van der Waals surface area contributed by atoms with Gasteiger partial charge in [-0.1, -0.05) is 23.7 Å². The molecule has 3 aromatic rings. The number of aromatic nitrogens is 2. The van der Waals surface area contributed by atoms with E-state index in [2.05, 4.69) is 25.9 Å². The van der Waals surface area contributed by atoms with Gasteiger partial charge < -0.3 is 16.0 Å². The van der Waals surface area contributed by atoms with Crippen molar-refractivity contribution in [2.75, 3.05) is 23.0 Å². The number of rotatable bonds is 6. The fraction of sp³-hybridized carbons (Fsp3) is 0.105. The van der Waals surface area contributed by atoms with Gasteiger partial charge in [-0.05, 0) is 42.0 Å². The summed E-state index contributed by atoms with van der Waals surface area (Å²) >= 11 is 6.02. The minimum absolute atomic E-state index is 0.263. The lowest BCUT2D eigenvalue weighted by atomic mass is 10.1. The van der Waals surface area contributed by atoms with Crippen LogP contribution in [0.2, 0.25) is 5.15 Å². The van der Waals surface area contributed by atoms with Crippen molar-refractivity contribution >= 4 is 34.7 Å². The van der Waals surface area contributed by atoms with Crippen LogP contribution in [0.5, 0.6) is 0 Å². The summed E-state index contributed by atoms with van der Waals surface area (Å²) in [5, 5.41) is 9.19. The first-order valence-corrected chi connectivity index (χ1v) is 8.52. The van der Waals surface area contributed by atoms with E-state index in [9.17, 15) is 9.18 Å². The number of nitrogens with zero attached hydrogens (tertiary/aromatic N) is 2. The molecule has 0 spiro atoms. The summed E-state index contributed by atoms with van der Waals surface area (Å²) in [5.41, 5.74) is 2.62. The zero-order chi connectivity index (χ0) is 19.2. The lowest BCUT2D eigenvalue weighted by Gasteiger charge is -2.11. The normalized spacial score (nSPS) is 10.3. The zero-order valence-electron chi connectivity index (χ0n) is 14.5. The molecule has 3 rings (SSSR count). The topological polar surface area (TPSA) is 78.9 Å². The monoisotopic (exact) mass is 385 g/mol. The molecular formula is C19H17ClFN5O. The van der Waals surface area contributed by atoms with E-state index in [-0.39, 0.29) is 11.7 Å². The molecule has 0 saturated heterocycles. The summed E-state index contributed by atoms with van der Waals surface area (Å²) in [7, 11) is 1.74. The molecule has 0 saturated carbocycles. The van der Waals surface area contributed by atoms with Crippen LogP contribution in [0.15, 0.2) is 54.9 Å². The molecule has 138 valence electrons.